The molecule has 0 spiro atoms. The van der Waals surface area contributed by atoms with E-state index >= 15 is 0 Å². The molecular formula is C10H17N3O2S. The van der Waals surface area contributed by atoms with E-state index in [0.29, 0.717) is 19.0 Å². The van der Waals surface area contributed by atoms with Crippen molar-refractivity contribution in [3.63, 3.8) is 0 Å². The van der Waals surface area contributed by atoms with Crippen molar-refractivity contribution >= 4 is 10.0 Å². The van der Waals surface area contributed by atoms with Gasteiger partial charge in [0.2, 0.25) is 10.0 Å². The average Bonchev–Trinajstić information content (AvgIpc) is 2.83. The third-order valence-electron chi connectivity index (χ3n) is 3.12. The van der Waals surface area contributed by atoms with Crippen molar-refractivity contribution in [3.8, 4) is 0 Å². The summed E-state index contributed by atoms with van der Waals surface area (Å²) >= 11 is 0. The molecule has 2 rings (SSSR count). The van der Waals surface area contributed by atoms with E-state index in [2.05, 4.69) is 9.97 Å². The first-order valence-corrected chi connectivity index (χ1v) is 7.21. The Labute approximate surface area is 95.9 Å². The first kappa shape index (κ1) is 11.6. The highest BCUT2D eigenvalue weighted by atomic mass is 32.2. The highest BCUT2D eigenvalue weighted by molar-refractivity contribution is 7.89. The lowest BCUT2D eigenvalue weighted by Gasteiger charge is -2.29. The molecule has 0 bridgehead atoms. The second-order valence-electron chi connectivity index (χ2n) is 4.05. The van der Waals surface area contributed by atoms with Crippen molar-refractivity contribution in [3.05, 3.63) is 18.2 Å². The molecule has 1 fully saturated rings. The highest BCUT2D eigenvalue weighted by Crippen LogP contribution is 2.26. The summed E-state index contributed by atoms with van der Waals surface area (Å²) in [5.74, 6) is 1.55. The van der Waals surface area contributed by atoms with Crippen LogP contribution in [-0.4, -0.2) is 41.5 Å². The van der Waals surface area contributed by atoms with Gasteiger partial charge in [-0.3, -0.25) is 0 Å². The molecule has 0 aromatic carbocycles. The molecule has 0 atom stereocenters. The van der Waals surface area contributed by atoms with Gasteiger partial charge >= 0.3 is 0 Å². The summed E-state index contributed by atoms with van der Waals surface area (Å²) in [6, 6.07) is 0. The molecule has 90 valence electrons. The quantitative estimate of drug-likeness (QED) is 0.859. The van der Waals surface area contributed by atoms with E-state index in [4.69, 9.17) is 0 Å². The van der Waals surface area contributed by atoms with Gasteiger partial charge in [-0.05, 0) is 19.8 Å². The number of rotatable bonds is 3. The molecule has 2 heterocycles. The van der Waals surface area contributed by atoms with Gasteiger partial charge in [-0.25, -0.2) is 17.7 Å². The number of aromatic nitrogens is 2. The Bertz CT molecular complexity index is 419. The van der Waals surface area contributed by atoms with Crippen LogP contribution >= 0.6 is 0 Å². The number of piperidine rings is 1. The minimum atomic E-state index is -3.01. The standard InChI is InChI=1S/C10H17N3O2S/c1-2-16(14,15)13-7-3-9(4-8-13)10-11-5-6-12-10/h5-6,9H,2-4,7-8H2,1H3,(H,11,12). The van der Waals surface area contributed by atoms with Crippen molar-refractivity contribution in [2.75, 3.05) is 18.8 Å². The normalized spacial score (nSPS) is 20.1. The molecule has 1 aliphatic rings. The van der Waals surface area contributed by atoms with E-state index in [1.807, 2.05) is 6.20 Å². The van der Waals surface area contributed by atoms with Crippen LogP contribution in [-0.2, 0) is 10.0 Å². The van der Waals surface area contributed by atoms with Crippen LogP contribution in [0.1, 0.15) is 31.5 Å². The third-order valence-corrected chi connectivity index (χ3v) is 5.00. The molecule has 0 unspecified atom stereocenters. The van der Waals surface area contributed by atoms with Crippen LogP contribution in [0.2, 0.25) is 0 Å². The topological polar surface area (TPSA) is 66.1 Å². The Hall–Kier alpha value is -0.880. The van der Waals surface area contributed by atoms with Gasteiger partial charge in [-0.2, -0.15) is 0 Å². The molecular weight excluding hydrogens is 226 g/mol. The van der Waals surface area contributed by atoms with Gasteiger partial charge in [0, 0.05) is 31.4 Å². The second-order valence-corrected chi connectivity index (χ2v) is 6.31. The maximum atomic E-state index is 11.7. The smallest absolute Gasteiger partial charge is 0.213 e. The minimum Gasteiger partial charge on any atom is -0.348 e. The van der Waals surface area contributed by atoms with E-state index in [1.165, 1.54) is 0 Å². The molecule has 0 amide bonds. The Morgan fingerprint density at radius 2 is 2.19 bits per heavy atom. The zero-order valence-corrected chi connectivity index (χ0v) is 10.2. The lowest BCUT2D eigenvalue weighted by Crippen LogP contribution is -2.38. The van der Waals surface area contributed by atoms with Gasteiger partial charge in [-0.15, -0.1) is 0 Å². The Morgan fingerprint density at radius 1 is 1.50 bits per heavy atom. The zero-order chi connectivity index (χ0) is 11.6. The monoisotopic (exact) mass is 243 g/mol. The Balaban J connectivity index is 1.98. The number of aromatic amines is 1. The number of H-pyrrole nitrogens is 1. The summed E-state index contributed by atoms with van der Waals surface area (Å²) < 4.78 is 24.9. The van der Waals surface area contributed by atoms with Gasteiger partial charge in [-0.1, -0.05) is 0 Å². The van der Waals surface area contributed by atoms with Crippen LogP contribution in [0.15, 0.2) is 12.4 Å². The molecule has 0 radical (unpaired) electrons. The summed E-state index contributed by atoms with van der Waals surface area (Å²) in [5, 5.41) is 0. The summed E-state index contributed by atoms with van der Waals surface area (Å²) in [5.41, 5.74) is 0. The molecule has 5 nitrogen and oxygen atoms in total. The molecule has 1 saturated heterocycles. The van der Waals surface area contributed by atoms with Crippen molar-refractivity contribution < 1.29 is 8.42 Å². The lowest BCUT2D eigenvalue weighted by atomic mass is 9.98. The molecule has 1 aliphatic heterocycles. The Kier molecular flexibility index (Phi) is 3.30. The molecule has 0 aliphatic carbocycles. The largest absolute Gasteiger partial charge is 0.348 e. The first-order chi connectivity index (χ1) is 7.63. The summed E-state index contributed by atoms with van der Waals surface area (Å²) in [4.78, 5) is 7.32. The number of hydrogen-bond donors (Lipinski definition) is 1. The third kappa shape index (κ3) is 2.27. The van der Waals surface area contributed by atoms with Gasteiger partial charge in [0.15, 0.2) is 0 Å². The summed E-state index contributed by atoms with van der Waals surface area (Å²) in [7, 11) is -3.01. The highest BCUT2D eigenvalue weighted by Gasteiger charge is 2.28. The fourth-order valence-electron chi connectivity index (χ4n) is 2.09. The number of nitrogens with one attached hydrogen (secondary N) is 1. The van der Waals surface area contributed by atoms with Crippen molar-refractivity contribution in [1.29, 1.82) is 0 Å². The average molecular weight is 243 g/mol. The fraction of sp³-hybridized carbons (Fsp3) is 0.700. The number of hydrogen-bond acceptors (Lipinski definition) is 3. The van der Waals surface area contributed by atoms with E-state index in [0.717, 1.165) is 18.7 Å². The van der Waals surface area contributed by atoms with Crippen LogP contribution in [0.4, 0.5) is 0 Å². The summed E-state index contributed by atoms with van der Waals surface area (Å²) in [6.07, 6.45) is 5.26. The van der Waals surface area contributed by atoms with Crippen LogP contribution in [0.3, 0.4) is 0 Å². The minimum absolute atomic E-state index is 0.193. The van der Waals surface area contributed by atoms with Crippen LogP contribution < -0.4 is 0 Å². The van der Waals surface area contributed by atoms with Crippen LogP contribution in [0, 0.1) is 0 Å². The maximum absolute atomic E-state index is 11.7. The van der Waals surface area contributed by atoms with Gasteiger partial charge in [0.05, 0.1) is 5.75 Å². The first-order valence-electron chi connectivity index (χ1n) is 5.60. The molecule has 1 N–H and O–H groups in total. The molecule has 6 heteroatoms. The SMILES string of the molecule is CCS(=O)(=O)N1CCC(c2ncc[nH]2)CC1. The molecule has 1 aromatic heterocycles. The van der Waals surface area contributed by atoms with Crippen molar-refractivity contribution in [1.82, 2.24) is 14.3 Å². The molecule has 16 heavy (non-hydrogen) atoms. The van der Waals surface area contributed by atoms with Gasteiger partial charge in [0.25, 0.3) is 0 Å². The predicted octanol–water partition coefficient (Wildman–Crippen LogP) is 0.939. The van der Waals surface area contributed by atoms with Crippen molar-refractivity contribution in [2.24, 2.45) is 0 Å². The van der Waals surface area contributed by atoms with Crippen LogP contribution in [0.25, 0.3) is 0 Å². The van der Waals surface area contributed by atoms with E-state index < -0.39 is 10.0 Å². The van der Waals surface area contributed by atoms with Crippen molar-refractivity contribution in [2.45, 2.75) is 25.7 Å². The molecule has 0 saturated carbocycles. The van der Waals surface area contributed by atoms with Gasteiger partial charge in [0.1, 0.15) is 5.82 Å². The summed E-state index contributed by atoms with van der Waals surface area (Å²) in [6.45, 7) is 2.91. The predicted molar refractivity (Wildman–Crippen MR) is 61.6 cm³/mol. The molecule has 1 aromatic rings. The van der Waals surface area contributed by atoms with E-state index in [9.17, 15) is 8.42 Å². The number of imidazole rings is 1. The second kappa shape index (κ2) is 4.55. The van der Waals surface area contributed by atoms with E-state index in [-0.39, 0.29) is 5.75 Å². The maximum Gasteiger partial charge on any atom is 0.213 e. The fourth-order valence-corrected chi connectivity index (χ4v) is 3.22. The number of nitrogens with zero attached hydrogens (tertiary/aromatic N) is 2. The van der Waals surface area contributed by atoms with Gasteiger partial charge < -0.3 is 4.98 Å². The number of sulfonamides is 1. The zero-order valence-electron chi connectivity index (χ0n) is 9.39. The van der Waals surface area contributed by atoms with Crippen LogP contribution in [0.5, 0.6) is 0 Å². The Morgan fingerprint density at radius 3 is 2.69 bits per heavy atom. The van der Waals surface area contributed by atoms with E-state index in [1.54, 1.807) is 17.4 Å². The lowest BCUT2D eigenvalue weighted by molar-refractivity contribution is 0.314.